The molecule has 2 N–H and O–H groups in total. The fourth-order valence-corrected chi connectivity index (χ4v) is 10.2. The first-order valence-electron chi connectivity index (χ1n) is 18.9. The molecule has 1 aromatic rings. The lowest BCUT2D eigenvalue weighted by atomic mass is 9.81. The van der Waals surface area contributed by atoms with E-state index in [9.17, 15) is 39.0 Å². The van der Waals surface area contributed by atoms with E-state index in [2.05, 4.69) is 4.74 Å². The highest BCUT2D eigenvalue weighted by Crippen LogP contribution is 2.51. The van der Waals surface area contributed by atoms with Crippen molar-refractivity contribution in [2.45, 2.75) is 87.1 Å². The Morgan fingerprint density at radius 2 is 1.14 bits per heavy atom. The van der Waals surface area contributed by atoms with Crippen LogP contribution in [0.2, 0.25) is 0 Å². The minimum atomic E-state index is -1.04. The maximum absolute atomic E-state index is 12.1. The summed E-state index contributed by atoms with van der Waals surface area (Å²) >= 11 is 0. The van der Waals surface area contributed by atoms with Crippen LogP contribution < -0.4 is 4.74 Å². The van der Waals surface area contributed by atoms with E-state index in [0.717, 1.165) is 25.7 Å². The number of methoxy groups -OCH3 is 1. The summed E-state index contributed by atoms with van der Waals surface area (Å²) in [7, 11) is 1.58. The third kappa shape index (κ3) is 6.15. The first-order chi connectivity index (χ1) is 27.0. The van der Waals surface area contributed by atoms with Gasteiger partial charge in [-0.15, -0.1) is 0 Å². The van der Waals surface area contributed by atoms with Crippen LogP contribution in [0.5, 0.6) is 5.75 Å². The molecule has 11 aliphatic rings. The number of aliphatic hydroxyl groups is 1. The molecule has 0 radical (unpaired) electrons. The summed E-state index contributed by atoms with van der Waals surface area (Å²) in [5.74, 6) is -5.02. The van der Waals surface area contributed by atoms with Crippen LogP contribution in [0, 0.1) is 47.3 Å². The largest absolute Gasteiger partial charge is 0.481 e. The van der Waals surface area contributed by atoms with Crippen LogP contribution in [0.25, 0.3) is 0 Å². The third-order valence-electron chi connectivity index (χ3n) is 12.6. The van der Waals surface area contributed by atoms with Crippen LogP contribution in [-0.4, -0.2) is 115 Å². The Labute approximate surface area is 319 Å². The monoisotopic (exact) mass is 780 g/mol. The minimum absolute atomic E-state index is 0.0182. The number of para-hydroxylation sites is 1. The van der Waals surface area contributed by atoms with Gasteiger partial charge in [-0.3, -0.25) is 28.8 Å². The van der Waals surface area contributed by atoms with Crippen molar-refractivity contribution in [1.82, 2.24) is 0 Å². The topological polar surface area (TPSA) is 226 Å². The van der Waals surface area contributed by atoms with Gasteiger partial charge in [0, 0.05) is 7.11 Å². The molecule has 8 bridgehead atoms. The molecule has 9 saturated heterocycles. The molecule has 9 fully saturated rings. The van der Waals surface area contributed by atoms with Crippen molar-refractivity contribution in [2.24, 2.45) is 47.3 Å². The van der Waals surface area contributed by atoms with Gasteiger partial charge in [0.05, 0.1) is 72.5 Å². The normalized spacial score (nSPS) is 45.1. The van der Waals surface area contributed by atoms with Crippen molar-refractivity contribution >= 4 is 35.8 Å². The molecule has 18 atom stereocenters. The van der Waals surface area contributed by atoms with Gasteiger partial charge in [0.25, 0.3) is 0 Å². The fourth-order valence-electron chi connectivity index (χ4n) is 10.2. The predicted octanol–water partition coefficient (Wildman–Crippen LogP) is 0.850. The van der Waals surface area contributed by atoms with Crippen LogP contribution in [0.3, 0.4) is 0 Å². The second-order valence-corrected chi connectivity index (χ2v) is 15.5. The predicted molar refractivity (Wildman–Crippen MR) is 179 cm³/mol. The van der Waals surface area contributed by atoms with Crippen LogP contribution in [-0.2, 0) is 66.7 Å². The lowest BCUT2D eigenvalue weighted by molar-refractivity contribution is -0.168. The summed E-state index contributed by atoms with van der Waals surface area (Å²) in [6.07, 6.45) is 8.60. The Morgan fingerprint density at radius 3 is 1.73 bits per heavy atom. The first kappa shape index (κ1) is 37.1. The Balaban J connectivity index is 0.0000000994. The summed E-state index contributed by atoms with van der Waals surface area (Å²) in [5.41, 5.74) is 0. The van der Waals surface area contributed by atoms with E-state index in [4.69, 9.17) is 37.9 Å². The Kier molecular flexibility index (Phi) is 9.57. The maximum Gasteiger partial charge on any atom is 0.320 e. The van der Waals surface area contributed by atoms with Gasteiger partial charge in [0.15, 0.2) is 0 Å². The summed E-state index contributed by atoms with van der Waals surface area (Å²) in [4.78, 5) is 68.2. The molecule has 11 heterocycles. The number of carboxylic acid groups (broad SMARTS) is 1. The highest BCUT2D eigenvalue weighted by molar-refractivity contribution is 5.98. The van der Waals surface area contributed by atoms with Crippen LogP contribution in [0.4, 0.5) is 0 Å². The molecule has 17 nitrogen and oxygen atoms in total. The Hall–Kier alpha value is -4.52. The quantitative estimate of drug-likeness (QED) is 0.142. The van der Waals surface area contributed by atoms with Gasteiger partial charge in [-0.25, -0.2) is 0 Å². The molecule has 11 aliphatic heterocycles. The maximum atomic E-state index is 12.1. The van der Waals surface area contributed by atoms with Crippen molar-refractivity contribution in [1.29, 1.82) is 0 Å². The van der Waals surface area contributed by atoms with Gasteiger partial charge >= 0.3 is 35.8 Å². The molecule has 0 aromatic heterocycles. The number of rotatable bonds is 4. The fraction of sp³-hybridized carbons (Fsp3) is 0.590. The average Bonchev–Trinajstić information content (AvgIpc) is 4.04. The molecular weight excluding hydrogens is 740 g/mol. The summed E-state index contributed by atoms with van der Waals surface area (Å²) in [5, 5.41) is 18.6. The average molecular weight is 781 g/mol. The summed E-state index contributed by atoms with van der Waals surface area (Å²) < 4.78 is 46.7. The van der Waals surface area contributed by atoms with Crippen LogP contribution >= 0.6 is 0 Å². The zero-order valence-electron chi connectivity index (χ0n) is 29.9. The number of carbonyl (C=O) groups is 6. The van der Waals surface area contributed by atoms with E-state index in [1.807, 2.05) is 12.2 Å². The lowest BCUT2D eigenvalue weighted by Crippen LogP contribution is -2.38. The van der Waals surface area contributed by atoms with E-state index in [0.29, 0.717) is 5.75 Å². The Bertz CT molecular complexity index is 1820. The molecule has 1 aromatic carbocycles. The molecule has 298 valence electrons. The number of ether oxygens (including phenoxy) is 9. The summed E-state index contributed by atoms with van der Waals surface area (Å²) in [6.45, 7) is 0. The zero-order chi connectivity index (χ0) is 39.0. The minimum Gasteiger partial charge on any atom is -0.481 e. The van der Waals surface area contributed by atoms with Gasteiger partial charge < -0.3 is 52.8 Å². The third-order valence-corrected chi connectivity index (χ3v) is 12.6. The number of benzene rings is 1. The number of aliphatic hydroxyl groups excluding tert-OH is 1. The van der Waals surface area contributed by atoms with Crippen LogP contribution in [0.1, 0.15) is 25.7 Å². The van der Waals surface area contributed by atoms with Gasteiger partial charge in [0.2, 0.25) is 12.6 Å². The SMILES string of the molecule is COC1OC(=O)C2C3CCC(O3)C12.O=C(O)C1C2C=CC(O2)C1C(=O)Oc1ccccc1.O=C1OC(=O)C2C3C=CC(O3)C12.O=C1OC(O)C2C3CCC(O3)C12. The van der Waals surface area contributed by atoms with E-state index in [-0.39, 0.29) is 90.4 Å². The molecule has 56 heavy (non-hydrogen) atoms. The number of esters is 5. The number of aliphatic carboxylic acids is 1. The van der Waals surface area contributed by atoms with E-state index >= 15 is 0 Å². The van der Waals surface area contributed by atoms with Crippen molar-refractivity contribution in [3.63, 3.8) is 0 Å². The van der Waals surface area contributed by atoms with Gasteiger partial charge in [0.1, 0.15) is 29.4 Å². The zero-order valence-corrected chi connectivity index (χ0v) is 29.9. The van der Waals surface area contributed by atoms with E-state index in [1.54, 1.807) is 49.6 Å². The molecule has 17 heteroatoms. The van der Waals surface area contributed by atoms with E-state index < -0.39 is 54.2 Å². The number of fused-ring (bicyclic) bond motifs is 17. The number of carboxylic acids is 1. The van der Waals surface area contributed by atoms with Gasteiger partial charge in [-0.05, 0) is 37.8 Å². The molecular formula is C39H40O17. The Morgan fingerprint density at radius 1 is 0.625 bits per heavy atom. The second kappa shape index (κ2) is 14.5. The first-order valence-corrected chi connectivity index (χ1v) is 18.9. The molecule has 0 amide bonds. The van der Waals surface area contributed by atoms with Crippen molar-refractivity contribution < 1.29 is 81.6 Å². The lowest BCUT2D eigenvalue weighted by Gasteiger charge is -2.20. The molecule has 0 spiro atoms. The standard InChI is InChI=1S/C14H12O5.C9H12O4.C8H10O4.C8H6O4/c15-13(16)11-9-6-7-10(19-9)12(11)14(17)18-8-4-2-1-3-5-8;1-11-9-7-5-3-2-4(12-5)6(7)8(10)13-9;2*9-7-5-3-1-2-4(11-3)6(5)8(10)12-7/h1-7,9-12H,(H,15,16);4-7,9H,2-3H2,1H3;3-7,9H,1-2H2;1-6H. The molecule has 12 rings (SSSR count). The van der Waals surface area contributed by atoms with Crippen molar-refractivity contribution in [3.05, 3.63) is 54.6 Å². The highest BCUT2D eigenvalue weighted by atomic mass is 16.7. The second-order valence-electron chi connectivity index (χ2n) is 15.5. The van der Waals surface area contributed by atoms with Gasteiger partial charge in [-0.2, -0.15) is 0 Å². The highest BCUT2D eigenvalue weighted by Gasteiger charge is 2.63. The molecule has 0 saturated carbocycles. The van der Waals surface area contributed by atoms with Crippen molar-refractivity contribution in [2.75, 3.05) is 7.11 Å². The van der Waals surface area contributed by atoms with Crippen molar-refractivity contribution in [3.8, 4) is 5.75 Å². The molecule has 0 aliphatic carbocycles. The van der Waals surface area contributed by atoms with Crippen LogP contribution in [0.15, 0.2) is 54.6 Å². The smallest absolute Gasteiger partial charge is 0.320 e. The number of hydrogen-bond acceptors (Lipinski definition) is 16. The number of hydrogen-bond donors (Lipinski definition) is 2. The van der Waals surface area contributed by atoms with Gasteiger partial charge in [-0.1, -0.05) is 42.5 Å². The summed E-state index contributed by atoms with van der Waals surface area (Å²) in [6, 6.07) is 8.60. The number of cyclic esters (lactones) is 4. The van der Waals surface area contributed by atoms with E-state index in [1.165, 1.54) is 0 Å². The molecule has 18 unspecified atom stereocenters. The number of carbonyl (C=O) groups excluding carboxylic acids is 5.